The normalized spacial score (nSPS) is 9.70. The molecule has 0 saturated carbocycles. The maximum absolute atomic E-state index is 11.4. The van der Waals surface area contributed by atoms with Crippen LogP contribution in [0.3, 0.4) is 0 Å². The van der Waals surface area contributed by atoms with Crippen LogP contribution in [0.5, 0.6) is 11.5 Å². The van der Waals surface area contributed by atoms with Crippen molar-refractivity contribution in [3.8, 4) is 11.5 Å². The van der Waals surface area contributed by atoms with Crippen LogP contribution in [0.1, 0.15) is 13.3 Å². The zero-order chi connectivity index (χ0) is 14.8. The van der Waals surface area contributed by atoms with Crippen LogP contribution in [0.4, 0.5) is 0 Å². The van der Waals surface area contributed by atoms with Gasteiger partial charge in [-0.25, -0.2) is 0 Å². The van der Waals surface area contributed by atoms with Crippen LogP contribution >= 0.6 is 0 Å². The third-order valence-corrected chi connectivity index (χ3v) is 2.38. The van der Waals surface area contributed by atoms with Crippen LogP contribution < -0.4 is 14.8 Å². The molecule has 0 atom stereocenters. The molecule has 0 spiro atoms. The maximum Gasteiger partial charge on any atom is 0.307 e. The van der Waals surface area contributed by atoms with Crippen molar-refractivity contribution in [2.75, 3.05) is 26.9 Å². The number of carbonyl (C=O) groups excluding carboxylic acids is 2. The average Bonchev–Trinajstić information content (AvgIpc) is 2.46. The summed E-state index contributed by atoms with van der Waals surface area (Å²) >= 11 is 0. The predicted molar refractivity (Wildman–Crippen MR) is 72.7 cm³/mol. The highest BCUT2D eigenvalue weighted by Crippen LogP contribution is 2.17. The smallest absolute Gasteiger partial charge is 0.307 e. The standard InChI is InChI=1S/C14H19NO5/c1-3-19-11-4-6-12(7-5-11)20-10-13(16)15-9-8-14(17)18-2/h4-7H,3,8-10H2,1-2H3,(H,15,16). The van der Waals surface area contributed by atoms with Crippen LogP contribution in [-0.2, 0) is 14.3 Å². The van der Waals surface area contributed by atoms with Crippen LogP contribution in [0, 0.1) is 0 Å². The molecule has 0 heterocycles. The first-order valence-electron chi connectivity index (χ1n) is 6.35. The number of amides is 1. The Balaban J connectivity index is 2.24. The van der Waals surface area contributed by atoms with Gasteiger partial charge >= 0.3 is 5.97 Å². The van der Waals surface area contributed by atoms with E-state index in [0.717, 1.165) is 5.75 Å². The first kappa shape index (κ1) is 15.8. The second-order valence-corrected chi connectivity index (χ2v) is 3.87. The highest BCUT2D eigenvalue weighted by molar-refractivity contribution is 5.78. The van der Waals surface area contributed by atoms with Gasteiger partial charge in [0.1, 0.15) is 11.5 Å². The Labute approximate surface area is 118 Å². The molecule has 1 amide bonds. The Bertz CT molecular complexity index is 430. The van der Waals surface area contributed by atoms with Gasteiger partial charge in [-0.3, -0.25) is 9.59 Å². The van der Waals surface area contributed by atoms with E-state index in [0.29, 0.717) is 12.4 Å². The van der Waals surface area contributed by atoms with Gasteiger partial charge in [0.15, 0.2) is 6.61 Å². The maximum atomic E-state index is 11.4. The van der Waals surface area contributed by atoms with Crippen molar-refractivity contribution >= 4 is 11.9 Å². The van der Waals surface area contributed by atoms with Crippen molar-refractivity contribution in [2.24, 2.45) is 0 Å². The van der Waals surface area contributed by atoms with Gasteiger partial charge in [-0.15, -0.1) is 0 Å². The Morgan fingerprint density at radius 3 is 2.25 bits per heavy atom. The summed E-state index contributed by atoms with van der Waals surface area (Å²) in [6.45, 7) is 2.64. The number of hydrogen-bond donors (Lipinski definition) is 1. The number of benzene rings is 1. The lowest BCUT2D eigenvalue weighted by Crippen LogP contribution is -2.30. The van der Waals surface area contributed by atoms with E-state index in [1.165, 1.54) is 7.11 Å². The molecule has 0 aromatic heterocycles. The van der Waals surface area contributed by atoms with Gasteiger partial charge in [-0.1, -0.05) is 0 Å². The topological polar surface area (TPSA) is 73.9 Å². The number of methoxy groups -OCH3 is 1. The van der Waals surface area contributed by atoms with E-state index in [4.69, 9.17) is 9.47 Å². The average molecular weight is 281 g/mol. The number of ether oxygens (including phenoxy) is 3. The number of hydrogen-bond acceptors (Lipinski definition) is 5. The molecule has 6 nitrogen and oxygen atoms in total. The van der Waals surface area contributed by atoms with Gasteiger partial charge in [-0.2, -0.15) is 0 Å². The molecule has 0 unspecified atom stereocenters. The number of carbonyl (C=O) groups is 2. The molecule has 1 aromatic carbocycles. The summed E-state index contributed by atoms with van der Waals surface area (Å²) in [5, 5.41) is 2.56. The molecule has 0 saturated heterocycles. The predicted octanol–water partition coefficient (Wildman–Crippen LogP) is 1.14. The third-order valence-electron chi connectivity index (χ3n) is 2.38. The summed E-state index contributed by atoms with van der Waals surface area (Å²) in [6.07, 6.45) is 0.144. The van der Waals surface area contributed by atoms with Gasteiger partial charge < -0.3 is 19.5 Å². The zero-order valence-corrected chi connectivity index (χ0v) is 11.7. The Kier molecular flexibility index (Phi) is 6.95. The molecule has 0 radical (unpaired) electrons. The molecule has 1 rings (SSSR count). The van der Waals surface area contributed by atoms with Crippen LogP contribution in [0.2, 0.25) is 0 Å². The van der Waals surface area contributed by atoms with Gasteiger partial charge in [-0.05, 0) is 31.2 Å². The molecule has 1 N–H and O–H groups in total. The van der Waals surface area contributed by atoms with E-state index in [-0.39, 0.29) is 31.4 Å². The van der Waals surface area contributed by atoms with Crippen molar-refractivity contribution in [1.29, 1.82) is 0 Å². The highest BCUT2D eigenvalue weighted by Gasteiger charge is 2.05. The first-order valence-corrected chi connectivity index (χ1v) is 6.35. The van der Waals surface area contributed by atoms with Crippen molar-refractivity contribution in [3.05, 3.63) is 24.3 Å². The molecular formula is C14H19NO5. The fraction of sp³-hybridized carbons (Fsp3) is 0.429. The van der Waals surface area contributed by atoms with Crippen LogP contribution in [-0.4, -0.2) is 38.7 Å². The molecule has 0 aliphatic heterocycles. The lowest BCUT2D eigenvalue weighted by Gasteiger charge is -2.08. The minimum absolute atomic E-state index is 0.102. The van der Waals surface area contributed by atoms with Crippen LogP contribution in [0.15, 0.2) is 24.3 Å². The summed E-state index contributed by atoms with van der Waals surface area (Å²) in [5.41, 5.74) is 0. The summed E-state index contributed by atoms with van der Waals surface area (Å²) < 4.78 is 15.1. The van der Waals surface area contributed by atoms with Crippen molar-refractivity contribution in [3.63, 3.8) is 0 Å². The van der Waals surface area contributed by atoms with E-state index in [1.54, 1.807) is 24.3 Å². The zero-order valence-electron chi connectivity index (χ0n) is 11.7. The lowest BCUT2D eigenvalue weighted by molar-refractivity contribution is -0.140. The molecular weight excluding hydrogens is 262 g/mol. The Morgan fingerprint density at radius 2 is 1.70 bits per heavy atom. The van der Waals surface area contributed by atoms with E-state index < -0.39 is 0 Å². The summed E-state index contributed by atoms with van der Waals surface area (Å²) in [4.78, 5) is 22.3. The second-order valence-electron chi connectivity index (χ2n) is 3.87. The van der Waals surface area contributed by atoms with Crippen LogP contribution in [0.25, 0.3) is 0 Å². The number of nitrogens with one attached hydrogen (secondary N) is 1. The second kappa shape index (κ2) is 8.79. The van der Waals surface area contributed by atoms with Crippen molar-refractivity contribution in [1.82, 2.24) is 5.32 Å². The van der Waals surface area contributed by atoms with Gasteiger partial charge in [0.25, 0.3) is 5.91 Å². The molecule has 6 heteroatoms. The van der Waals surface area contributed by atoms with Crippen molar-refractivity contribution < 1.29 is 23.8 Å². The lowest BCUT2D eigenvalue weighted by atomic mass is 10.3. The highest BCUT2D eigenvalue weighted by atomic mass is 16.5. The number of rotatable bonds is 8. The summed E-state index contributed by atoms with van der Waals surface area (Å²) in [5.74, 6) is 0.680. The Hall–Kier alpha value is -2.24. The SMILES string of the molecule is CCOc1ccc(OCC(=O)NCCC(=O)OC)cc1. The Morgan fingerprint density at radius 1 is 1.10 bits per heavy atom. The summed E-state index contributed by atoms with van der Waals surface area (Å²) in [6, 6.07) is 7.00. The van der Waals surface area contributed by atoms with E-state index >= 15 is 0 Å². The van der Waals surface area contributed by atoms with Gasteiger partial charge in [0.05, 0.1) is 20.1 Å². The molecule has 0 aliphatic rings. The molecule has 20 heavy (non-hydrogen) atoms. The molecule has 110 valence electrons. The van der Waals surface area contributed by atoms with Gasteiger partial charge in [0.2, 0.25) is 0 Å². The fourth-order valence-electron chi connectivity index (χ4n) is 1.40. The van der Waals surface area contributed by atoms with E-state index in [1.807, 2.05) is 6.92 Å². The third kappa shape index (κ3) is 6.08. The van der Waals surface area contributed by atoms with E-state index in [2.05, 4.69) is 10.1 Å². The van der Waals surface area contributed by atoms with Crippen molar-refractivity contribution in [2.45, 2.75) is 13.3 Å². The molecule has 0 fully saturated rings. The molecule has 0 aliphatic carbocycles. The quantitative estimate of drug-likeness (QED) is 0.723. The monoisotopic (exact) mass is 281 g/mol. The summed E-state index contributed by atoms with van der Waals surface area (Å²) in [7, 11) is 1.30. The fourth-order valence-corrected chi connectivity index (χ4v) is 1.40. The number of esters is 1. The molecule has 1 aromatic rings. The van der Waals surface area contributed by atoms with E-state index in [9.17, 15) is 9.59 Å². The minimum atomic E-state index is -0.363. The van der Waals surface area contributed by atoms with Gasteiger partial charge in [0, 0.05) is 6.54 Å². The first-order chi connectivity index (χ1) is 9.65. The largest absolute Gasteiger partial charge is 0.494 e. The minimum Gasteiger partial charge on any atom is -0.494 e. The molecule has 0 bridgehead atoms.